The molecule has 1 fully saturated rings. The third-order valence-electron chi connectivity index (χ3n) is 2.72. The summed E-state index contributed by atoms with van der Waals surface area (Å²) < 4.78 is 0. The molecule has 0 atom stereocenters. The molecule has 0 spiro atoms. The minimum atomic E-state index is 0.304. The van der Waals surface area contributed by atoms with Crippen molar-refractivity contribution in [1.82, 2.24) is 0 Å². The summed E-state index contributed by atoms with van der Waals surface area (Å²) in [6.45, 7) is 0. The quantitative estimate of drug-likeness (QED) is 0.686. The molecular weight excluding hydrogens is 186 g/mol. The summed E-state index contributed by atoms with van der Waals surface area (Å²) in [5, 5.41) is 0. The van der Waals surface area contributed by atoms with Gasteiger partial charge < -0.3 is 4.90 Å². The molecule has 1 aromatic carbocycles. The number of nitrogens with zero attached hydrogens (tertiary/aromatic N) is 1. The minimum Gasteiger partial charge on any atom is -0.351 e. The van der Waals surface area contributed by atoms with E-state index >= 15 is 0 Å². The first-order chi connectivity index (χ1) is 7.27. The van der Waals surface area contributed by atoms with Gasteiger partial charge in [-0.2, -0.15) is 0 Å². The third kappa shape index (κ3) is 2.27. The summed E-state index contributed by atoms with van der Waals surface area (Å²) in [6.07, 6.45) is 4.61. The summed E-state index contributed by atoms with van der Waals surface area (Å²) >= 11 is 0. The lowest BCUT2D eigenvalue weighted by atomic mass is 10.2. The number of Topliss-reactive ketones (excluding diaryl/α,β-unsaturated/α-hetero) is 1. The largest absolute Gasteiger partial charge is 0.351 e. The van der Waals surface area contributed by atoms with E-state index in [9.17, 15) is 4.79 Å². The molecule has 0 aliphatic heterocycles. The van der Waals surface area contributed by atoms with Gasteiger partial charge in [0.2, 0.25) is 0 Å². The van der Waals surface area contributed by atoms with Crippen LogP contribution in [0.25, 0.3) is 0 Å². The Labute approximate surface area is 90.2 Å². The zero-order valence-corrected chi connectivity index (χ0v) is 8.94. The van der Waals surface area contributed by atoms with E-state index in [1.807, 2.05) is 48.5 Å². The van der Waals surface area contributed by atoms with Crippen LogP contribution in [0, 0.1) is 0 Å². The molecule has 0 unspecified atom stereocenters. The highest BCUT2D eigenvalue weighted by Gasteiger charge is 2.17. The van der Waals surface area contributed by atoms with Crippen LogP contribution in [0.15, 0.2) is 42.1 Å². The van der Waals surface area contributed by atoms with E-state index in [1.165, 1.54) is 0 Å². The first-order valence-electron chi connectivity index (χ1n) is 5.29. The average molecular weight is 201 g/mol. The lowest BCUT2D eigenvalue weighted by molar-refractivity contribution is -0.114. The first-order valence-corrected chi connectivity index (χ1v) is 5.29. The average Bonchev–Trinajstić information content (AvgIpc) is 2.66. The highest BCUT2D eigenvalue weighted by Crippen LogP contribution is 2.22. The number of carbonyl (C=O) groups is 1. The molecule has 1 saturated carbocycles. The Morgan fingerprint density at radius 3 is 2.53 bits per heavy atom. The van der Waals surface area contributed by atoms with E-state index in [0.29, 0.717) is 12.2 Å². The Morgan fingerprint density at radius 2 is 1.93 bits per heavy atom. The summed E-state index contributed by atoms with van der Waals surface area (Å²) in [7, 11) is 1.98. The van der Waals surface area contributed by atoms with E-state index in [2.05, 4.69) is 0 Å². The number of para-hydroxylation sites is 1. The van der Waals surface area contributed by atoms with Crippen LogP contribution in [0.4, 0.5) is 5.69 Å². The molecule has 1 aliphatic rings. The third-order valence-corrected chi connectivity index (χ3v) is 2.72. The van der Waals surface area contributed by atoms with E-state index in [-0.39, 0.29) is 0 Å². The first kappa shape index (κ1) is 9.97. The molecule has 2 nitrogen and oxygen atoms in total. The van der Waals surface area contributed by atoms with E-state index in [1.54, 1.807) is 0 Å². The van der Waals surface area contributed by atoms with E-state index in [0.717, 1.165) is 24.1 Å². The molecule has 15 heavy (non-hydrogen) atoms. The number of hydrogen-bond acceptors (Lipinski definition) is 2. The highest BCUT2D eigenvalue weighted by molar-refractivity contribution is 5.97. The smallest absolute Gasteiger partial charge is 0.160 e. The van der Waals surface area contributed by atoms with E-state index < -0.39 is 0 Å². The second kappa shape index (κ2) is 4.30. The fourth-order valence-electron chi connectivity index (χ4n) is 1.85. The fourth-order valence-corrected chi connectivity index (χ4v) is 1.85. The SMILES string of the molecule is CN(C=C1CCCC1=O)c1ccccc1. The molecule has 0 aromatic heterocycles. The monoisotopic (exact) mass is 201 g/mol. The number of anilines is 1. The van der Waals surface area contributed by atoms with Crippen LogP contribution in [-0.4, -0.2) is 12.8 Å². The van der Waals surface area contributed by atoms with Gasteiger partial charge in [0.15, 0.2) is 5.78 Å². The van der Waals surface area contributed by atoms with Crippen molar-refractivity contribution in [3.8, 4) is 0 Å². The Morgan fingerprint density at radius 1 is 1.20 bits per heavy atom. The lowest BCUT2D eigenvalue weighted by Gasteiger charge is -2.14. The molecule has 1 aromatic rings. The Kier molecular flexibility index (Phi) is 2.86. The molecule has 2 rings (SSSR count). The zero-order valence-electron chi connectivity index (χ0n) is 8.94. The molecule has 0 bridgehead atoms. The van der Waals surface area contributed by atoms with Gasteiger partial charge in [-0.15, -0.1) is 0 Å². The maximum Gasteiger partial charge on any atom is 0.160 e. The molecule has 0 amide bonds. The standard InChI is InChI=1S/C13H15NO/c1-14(12-7-3-2-4-8-12)10-11-6-5-9-13(11)15/h2-4,7-8,10H,5-6,9H2,1H3. The van der Waals surface area contributed by atoms with Crippen molar-refractivity contribution in [2.45, 2.75) is 19.3 Å². The number of rotatable bonds is 2. The maximum absolute atomic E-state index is 11.4. The second-order valence-electron chi connectivity index (χ2n) is 3.88. The van der Waals surface area contributed by atoms with Crippen LogP contribution in [0.5, 0.6) is 0 Å². The van der Waals surface area contributed by atoms with Gasteiger partial charge in [0.1, 0.15) is 0 Å². The highest BCUT2D eigenvalue weighted by atomic mass is 16.1. The predicted octanol–water partition coefficient (Wildman–Crippen LogP) is 2.76. The number of allylic oxidation sites excluding steroid dienone is 1. The van der Waals surface area contributed by atoms with Crippen molar-refractivity contribution in [2.24, 2.45) is 0 Å². The van der Waals surface area contributed by atoms with E-state index in [4.69, 9.17) is 0 Å². The van der Waals surface area contributed by atoms with Crippen molar-refractivity contribution in [3.05, 3.63) is 42.1 Å². The molecule has 0 saturated heterocycles. The summed E-state index contributed by atoms with van der Waals surface area (Å²) in [5.74, 6) is 0.304. The van der Waals surface area contributed by atoms with Gasteiger partial charge in [-0.3, -0.25) is 4.79 Å². The predicted molar refractivity (Wildman–Crippen MR) is 61.8 cm³/mol. The van der Waals surface area contributed by atoms with Crippen molar-refractivity contribution in [2.75, 3.05) is 11.9 Å². The summed E-state index contributed by atoms with van der Waals surface area (Å²) in [5.41, 5.74) is 2.08. The van der Waals surface area contributed by atoms with Crippen LogP contribution in [0.2, 0.25) is 0 Å². The van der Waals surface area contributed by atoms with Crippen LogP contribution >= 0.6 is 0 Å². The van der Waals surface area contributed by atoms with Crippen molar-refractivity contribution >= 4 is 11.5 Å². The number of hydrogen-bond donors (Lipinski definition) is 0. The second-order valence-corrected chi connectivity index (χ2v) is 3.88. The maximum atomic E-state index is 11.4. The van der Waals surface area contributed by atoms with Gasteiger partial charge in [0.05, 0.1) is 0 Å². The Hall–Kier alpha value is -1.57. The zero-order chi connectivity index (χ0) is 10.7. The van der Waals surface area contributed by atoms with Crippen molar-refractivity contribution in [1.29, 1.82) is 0 Å². The van der Waals surface area contributed by atoms with Crippen molar-refractivity contribution < 1.29 is 4.79 Å². The summed E-state index contributed by atoms with van der Waals surface area (Å²) in [6, 6.07) is 10.1. The van der Waals surface area contributed by atoms with Gasteiger partial charge in [-0.05, 0) is 25.0 Å². The van der Waals surface area contributed by atoms with Gasteiger partial charge in [0.25, 0.3) is 0 Å². The molecule has 2 heteroatoms. The number of benzene rings is 1. The van der Waals surface area contributed by atoms with Crippen LogP contribution < -0.4 is 4.90 Å². The molecule has 0 heterocycles. The Bertz CT molecular complexity index is 381. The Balaban J connectivity index is 2.16. The van der Waals surface area contributed by atoms with Gasteiger partial charge in [-0.25, -0.2) is 0 Å². The van der Waals surface area contributed by atoms with Crippen LogP contribution in [-0.2, 0) is 4.79 Å². The fraction of sp³-hybridized carbons (Fsp3) is 0.308. The van der Waals surface area contributed by atoms with Gasteiger partial charge >= 0.3 is 0 Å². The molecule has 78 valence electrons. The minimum absolute atomic E-state index is 0.304. The van der Waals surface area contributed by atoms with Crippen molar-refractivity contribution in [3.63, 3.8) is 0 Å². The van der Waals surface area contributed by atoms with Gasteiger partial charge in [0, 0.05) is 30.9 Å². The normalized spacial score (nSPS) is 18.5. The molecule has 0 N–H and O–H groups in total. The molecular formula is C13H15NO. The lowest BCUT2D eigenvalue weighted by Crippen LogP contribution is -2.10. The summed E-state index contributed by atoms with van der Waals surface area (Å²) in [4.78, 5) is 13.5. The van der Waals surface area contributed by atoms with Crippen LogP contribution in [0.1, 0.15) is 19.3 Å². The molecule has 0 radical (unpaired) electrons. The van der Waals surface area contributed by atoms with Crippen LogP contribution in [0.3, 0.4) is 0 Å². The molecule has 1 aliphatic carbocycles. The van der Waals surface area contributed by atoms with Gasteiger partial charge in [-0.1, -0.05) is 18.2 Å². The number of carbonyl (C=O) groups excluding carboxylic acids is 1. The number of ketones is 1. The topological polar surface area (TPSA) is 20.3 Å².